The van der Waals surface area contributed by atoms with E-state index in [1.54, 1.807) is 20.3 Å². The van der Waals surface area contributed by atoms with Crippen molar-refractivity contribution in [2.75, 3.05) is 20.8 Å². The summed E-state index contributed by atoms with van der Waals surface area (Å²) in [5.41, 5.74) is 0. The van der Waals surface area contributed by atoms with E-state index in [1.807, 2.05) is 6.92 Å². The van der Waals surface area contributed by atoms with Crippen LogP contribution in [0.4, 0.5) is 0 Å². The third-order valence-electron chi connectivity index (χ3n) is 1.38. The van der Waals surface area contributed by atoms with Gasteiger partial charge in [0.25, 0.3) is 0 Å². The molecule has 0 bridgehead atoms. The Hall–Kier alpha value is -0.163. The van der Waals surface area contributed by atoms with Gasteiger partial charge in [-0.1, -0.05) is 6.08 Å². The fourth-order valence-electron chi connectivity index (χ4n) is 0.823. The van der Waals surface area contributed by atoms with Gasteiger partial charge in [0.15, 0.2) is 0 Å². The van der Waals surface area contributed by atoms with Crippen molar-refractivity contribution in [2.24, 2.45) is 0 Å². The average molecular weight is 176 g/mol. The molecule has 0 saturated heterocycles. The summed E-state index contributed by atoms with van der Waals surface area (Å²) >= 11 is 0. The maximum atomic E-state index is 5.39. The van der Waals surface area contributed by atoms with Gasteiger partial charge in [-0.3, -0.25) is 0 Å². The third-order valence-corrected chi connectivity index (χ3v) is 4.14. The van der Waals surface area contributed by atoms with Crippen LogP contribution < -0.4 is 0 Å². The van der Waals surface area contributed by atoms with Crippen molar-refractivity contribution in [2.45, 2.75) is 13.0 Å². The standard InChI is InChI=1S/C7H16O3Si/c1-5-7-11(8-3,9-4)10-6-2/h5H,1,6-7H2,2-4H3. The van der Waals surface area contributed by atoms with Gasteiger partial charge in [0.1, 0.15) is 0 Å². The van der Waals surface area contributed by atoms with Crippen molar-refractivity contribution >= 4 is 8.80 Å². The summed E-state index contributed by atoms with van der Waals surface area (Å²) in [7, 11) is 0.851. The van der Waals surface area contributed by atoms with Crippen molar-refractivity contribution in [3.63, 3.8) is 0 Å². The Bertz CT molecular complexity index is 112. The lowest BCUT2D eigenvalue weighted by molar-refractivity contribution is 0.107. The Kier molecular flexibility index (Phi) is 5.40. The molecule has 0 saturated carbocycles. The van der Waals surface area contributed by atoms with Gasteiger partial charge in [-0.05, 0) is 6.92 Å². The number of rotatable bonds is 6. The van der Waals surface area contributed by atoms with Crippen LogP contribution in [0.15, 0.2) is 12.7 Å². The zero-order valence-electron chi connectivity index (χ0n) is 7.42. The number of hydrogen-bond acceptors (Lipinski definition) is 3. The molecule has 0 aromatic rings. The molecule has 0 aliphatic carbocycles. The van der Waals surface area contributed by atoms with Crippen LogP contribution >= 0.6 is 0 Å². The molecular weight excluding hydrogens is 160 g/mol. The van der Waals surface area contributed by atoms with E-state index in [9.17, 15) is 0 Å². The molecule has 0 atom stereocenters. The van der Waals surface area contributed by atoms with Crippen LogP contribution in [0.1, 0.15) is 6.92 Å². The summed E-state index contributed by atoms with van der Waals surface area (Å²) < 4.78 is 15.8. The van der Waals surface area contributed by atoms with E-state index < -0.39 is 8.80 Å². The SMILES string of the molecule is C=CC[Si](OC)(OC)OCC. The molecule has 0 aliphatic heterocycles. The quantitative estimate of drug-likeness (QED) is 0.453. The smallest absolute Gasteiger partial charge is 0.377 e. The second-order valence-corrected chi connectivity index (χ2v) is 4.90. The zero-order chi connectivity index (χ0) is 8.74. The van der Waals surface area contributed by atoms with Gasteiger partial charge in [0.2, 0.25) is 0 Å². The molecule has 0 N–H and O–H groups in total. The van der Waals surface area contributed by atoms with Gasteiger partial charge in [0.05, 0.1) is 0 Å². The van der Waals surface area contributed by atoms with E-state index in [4.69, 9.17) is 13.3 Å². The van der Waals surface area contributed by atoms with E-state index in [2.05, 4.69) is 6.58 Å². The Morgan fingerprint density at radius 1 is 1.36 bits per heavy atom. The van der Waals surface area contributed by atoms with Crippen LogP contribution in [-0.4, -0.2) is 29.6 Å². The first-order valence-electron chi connectivity index (χ1n) is 3.59. The minimum Gasteiger partial charge on any atom is -0.377 e. The molecular formula is C7H16O3Si. The van der Waals surface area contributed by atoms with Crippen molar-refractivity contribution in [1.82, 2.24) is 0 Å². The van der Waals surface area contributed by atoms with Crippen LogP contribution in [0, 0.1) is 0 Å². The highest BCUT2D eigenvalue weighted by atomic mass is 28.4. The first-order valence-corrected chi connectivity index (χ1v) is 5.53. The molecule has 0 aromatic heterocycles. The van der Waals surface area contributed by atoms with E-state index in [1.165, 1.54) is 0 Å². The van der Waals surface area contributed by atoms with Crippen LogP contribution in [0.2, 0.25) is 6.04 Å². The first kappa shape index (κ1) is 10.8. The van der Waals surface area contributed by atoms with Gasteiger partial charge >= 0.3 is 8.80 Å². The summed E-state index contributed by atoms with van der Waals surface area (Å²) in [6.07, 6.45) is 1.76. The maximum Gasteiger partial charge on any atom is 0.504 e. The van der Waals surface area contributed by atoms with E-state index in [0.29, 0.717) is 12.7 Å². The average Bonchev–Trinajstić information content (AvgIpc) is 2.04. The van der Waals surface area contributed by atoms with Crippen LogP contribution in [0.5, 0.6) is 0 Å². The molecule has 0 aliphatic rings. The van der Waals surface area contributed by atoms with E-state index in [-0.39, 0.29) is 0 Å². The fraction of sp³-hybridized carbons (Fsp3) is 0.714. The van der Waals surface area contributed by atoms with Gasteiger partial charge in [-0.15, -0.1) is 6.58 Å². The highest BCUT2D eigenvalue weighted by Crippen LogP contribution is 2.13. The van der Waals surface area contributed by atoms with E-state index in [0.717, 1.165) is 0 Å². The Balaban J connectivity index is 4.06. The zero-order valence-corrected chi connectivity index (χ0v) is 8.42. The third kappa shape index (κ3) is 3.16. The van der Waals surface area contributed by atoms with Crippen LogP contribution in [0.25, 0.3) is 0 Å². The van der Waals surface area contributed by atoms with Gasteiger partial charge in [-0.25, -0.2) is 0 Å². The summed E-state index contributed by atoms with van der Waals surface area (Å²) in [4.78, 5) is 0. The van der Waals surface area contributed by atoms with Gasteiger partial charge in [0, 0.05) is 26.9 Å². The van der Waals surface area contributed by atoms with Crippen molar-refractivity contribution in [3.05, 3.63) is 12.7 Å². The minimum absolute atomic E-state index is 0.613. The largest absolute Gasteiger partial charge is 0.504 e. The first-order chi connectivity index (χ1) is 5.24. The molecule has 0 radical (unpaired) electrons. The van der Waals surface area contributed by atoms with E-state index >= 15 is 0 Å². The Morgan fingerprint density at radius 2 is 1.91 bits per heavy atom. The summed E-state index contributed by atoms with van der Waals surface area (Å²) in [6.45, 7) is 6.15. The van der Waals surface area contributed by atoms with Gasteiger partial charge < -0.3 is 13.3 Å². The highest BCUT2D eigenvalue weighted by molar-refractivity contribution is 6.61. The summed E-state index contributed by atoms with van der Waals surface area (Å²) in [5.74, 6) is 0. The molecule has 3 nitrogen and oxygen atoms in total. The highest BCUT2D eigenvalue weighted by Gasteiger charge is 2.36. The second kappa shape index (κ2) is 5.48. The molecule has 66 valence electrons. The molecule has 0 fully saturated rings. The van der Waals surface area contributed by atoms with Crippen LogP contribution in [0.3, 0.4) is 0 Å². The number of hydrogen-bond donors (Lipinski definition) is 0. The molecule has 0 heterocycles. The predicted octanol–water partition coefficient (Wildman–Crippen LogP) is 1.44. The minimum atomic E-state index is -2.36. The molecule has 0 unspecified atom stereocenters. The summed E-state index contributed by atoms with van der Waals surface area (Å²) in [6, 6.07) is 0.661. The molecule has 0 spiro atoms. The summed E-state index contributed by atoms with van der Waals surface area (Å²) in [5, 5.41) is 0. The normalized spacial score (nSPS) is 11.5. The van der Waals surface area contributed by atoms with Gasteiger partial charge in [-0.2, -0.15) is 0 Å². The maximum absolute atomic E-state index is 5.39. The lowest BCUT2D eigenvalue weighted by atomic mass is 10.8. The lowest BCUT2D eigenvalue weighted by Gasteiger charge is -2.24. The topological polar surface area (TPSA) is 27.7 Å². The predicted molar refractivity (Wildman–Crippen MR) is 46.4 cm³/mol. The van der Waals surface area contributed by atoms with Crippen molar-refractivity contribution in [1.29, 1.82) is 0 Å². The lowest BCUT2D eigenvalue weighted by Crippen LogP contribution is -2.43. The second-order valence-electron chi connectivity index (χ2n) is 2.02. The fourth-order valence-corrected chi connectivity index (χ4v) is 2.47. The molecule has 11 heavy (non-hydrogen) atoms. The molecule has 0 amide bonds. The number of allylic oxidation sites excluding steroid dienone is 1. The molecule has 0 rings (SSSR count). The van der Waals surface area contributed by atoms with Crippen molar-refractivity contribution < 1.29 is 13.3 Å². The molecule has 4 heteroatoms. The monoisotopic (exact) mass is 176 g/mol. The Labute approximate surface area is 69.3 Å². The Morgan fingerprint density at radius 3 is 2.18 bits per heavy atom. The van der Waals surface area contributed by atoms with Crippen LogP contribution in [-0.2, 0) is 13.3 Å². The van der Waals surface area contributed by atoms with Crippen molar-refractivity contribution in [3.8, 4) is 0 Å². The molecule has 0 aromatic carbocycles.